The van der Waals surface area contributed by atoms with Crippen molar-refractivity contribution in [2.45, 2.75) is 30.0 Å². The van der Waals surface area contributed by atoms with E-state index in [0.717, 1.165) is 19.6 Å². The lowest BCUT2D eigenvalue weighted by atomic mass is 10.3. The molecule has 7 heteroatoms. The van der Waals surface area contributed by atoms with Crippen LogP contribution in [0.4, 0.5) is 0 Å². The van der Waals surface area contributed by atoms with E-state index in [2.05, 4.69) is 25.6 Å². The molecule has 0 bridgehead atoms. The summed E-state index contributed by atoms with van der Waals surface area (Å²) in [5.74, 6) is 0. The standard InChI is InChI=1S/C11H17BrN2O2S2/c1-9(8-14-5-2-3-6-14)13-18(15,16)11-10(12)4-7-17-11/h4,7,9,13H,2-3,5-6,8H2,1H3. The molecule has 1 unspecified atom stereocenters. The predicted octanol–water partition coefficient (Wildman–Crippen LogP) is 2.27. The molecule has 4 nitrogen and oxygen atoms in total. The summed E-state index contributed by atoms with van der Waals surface area (Å²) >= 11 is 4.49. The van der Waals surface area contributed by atoms with Gasteiger partial charge in [0.15, 0.2) is 0 Å². The molecule has 1 atom stereocenters. The van der Waals surface area contributed by atoms with Crippen LogP contribution in [0.25, 0.3) is 0 Å². The van der Waals surface area contributed by atoms with Gasteiger partial charge in [0.25, 0.3) is 10.0 Å². The van der Waals surface area contributed by atoms with E-state index in [1.807, 2.05) is 6.92 Å². The lowest BCUT2D eigenvalue weighted by Crippen LogP contribution is -2.40. The third-order valence-corrected chi connectivity index (χ3v) is 7.18. The van der Waals surface area contributed by atoms with E-state index < -0.39 is 10.0 Å². The first kappa shape index (κ1) is 14.5. The molecule has 18 heavy (non-hydrogen) atoms. The summed E-state index contributed by atoms with van der Waals surface area (Å²) in [4.78, 5) is 2.30. The van der Waals surface area contributed by atoms with Gasteiger partial charge in [-0.2, -0.15) is 0 Å². The molecule has 1 fully saturated rings. The highest BCUT2D eigenvalue weighted by Gasteiger charge is 2.23. The van der Waals surface area contributed by atoms with E-state index in [1.54, 1.807) is 11.4 Å². The lowest BCUT2D eigenvalue weighted by Gasteiger charge is -2.20. The van der Waals surface area contributed by atoms with Crippen molar-refractivity contribution >= 4 is 37.3 Å². The Morgan fingerprint density at radius 2 is 2.17 bits per heavy atom. The number of thiophene rings is 1. The number of halogens is 1. The van der Waals surface area contributed by atoms with Crippen LogP contribution in [0.3, 0.4) is 0 Å². The number of hydrogen-bond donors (Lipinski definition) is 1. The minimum atomic E-state index is -3.39. The molecule has 2 rings (SSSR count). The first-order valence-corrected chi connectivity index (χ1v) is 9.12. The molecule has 1 N–H and O–H groups in total. The molecule has 0 radical (unpaired) electrons. The number of nitrogens with zero attached hydrogens (tertiary/aromatic N) is 1. The van der Waals surface area contributed by atoms with Crippen LogP contribution < -0.4 is 4.72 Å². The molecule has 1 aromatic rings. The van der Waals surface area contributed by atoms with Gasteiger partial charge in [0, 0.05) is 17.1 Å². The molecule has 1 saturated heterocycles. The van der Waals surface area contributed by atoms with E-state index in [9.17, 15) is 8.42 Å². The Labute approximate surface area is 121 Å². The van der Waals surface area contributed by atoms with Gasteiger partial charge in [-0.1, -0.05) is 0 Å². The van der Waals surface area contributed by atoms with Crippen LogP contribution in [-0.4, -0.2) is 39.0 Å². The zero-order valence-electron chi connectivity index (χ0n) is 10.2. The van der Waals surface area contributed by atoms with Crippen molar-refractivity contribution < 1.29 is 8.42 Å². The van der Waals surface area contributed by atoms with Gasteiger partial charge in [0.05, 0.1) is 0 Å². The Hall–Kier alpha value is 0.0500. The molecule has 1 aliphatic heterocycles. The first-order valence-electron chi connectivity index (χ1n) is 5.97. The normalized spacial score (nSPS) is 19.2. The Morgan fingerprint density at radius 1 is 1.50 bits per heavy atom. The Bertz CT molecular complexity index is 495. The maximum Gasteiger partial charge on any atom is 0.251 e. The van der Waals surface area contributed by atoms with Crippen LogP contribution in [0.15, 0.2) is 20.1 Å². The number of sulfonamides is 1. The van der Waals surface area contributed by atoms with Gasteiger partial charge in [-0.05, 0) is 60.2 Å². The van der Waals surface area contributed by atoms with Gasteiger partial charge in [-0.25, -0.2) is 13.1 Å². The van der Waals surface area contributed by atoms with Gasteiger partial charge < -0.3 is 4.90 Å². The van der Waals surface area contributed by atoms with Crippen LogP contribution in [0.2, 0.25) is 0 Å². The molecular formula is C11H17BrN2O2S2. The van der Waals surface area contributed by atoms with Gasteiger partial charge in [0.2, 0.25) is 0 Å². The third kappa shape index (κ3) is 3.54. The fourth-order valence-corrected chi connectivity index (χ4v) is 5.77. The van der Waals surface area contributed by atoms with Gasteiger partial charge in [-0.15, -0.1) is 11.3 Å². The van der Waals surface area contributed by atoms with Crippen molar-refractivity contribution in [3.8, 4) is 0 Å². The van der Waals surface area contributed by atoms with Crippen molar-refractivity contribution in [3.63, 3.8) is 0 Å². The largest absolute Gasteiger partial charge is 0.302 e. The average Bonchev–Trinajstić information content (AvgIpc) is 2.88. The molecule has 2 heterocycles. The summed E-state index contributed by atoms with van der Waals surface area (Å²) in [5, 5.41) is 1.77. The monoisotopic (exact) mass is 352 g/mol. The molecule has 0 spiro atoms. The molecule has 0 aromatic carbocycles. The second-order valence-corrected chi connectivity index (χ2v) is 8.27. The van der Waals surface area contributed by atoms with Crippen molar-refractivity contribution in [1.29, 1.82) is 0 Å². The van der Waals surface area contributed by atoms with Crippen LogP contribution in [0.1, 0.15) is 19.8 Å². The maximum atomic E-state index is 12.1. The zero-order valence-corrected chi connectivity index (χ0v) is 13.4. The van der Waals surface area contributed by atoms with Crippen molar-refractivity contribution in [3.05, 3.63) is 15.9 Å². The molecule has 0 amide bonds. The summed E-state index contributed by atoms with van der Waals surface area (Å²) in [6, 6.07) is 1.69. The van der Waals surface area contributed by atoms with Crippen LogP contribution in [0.5, 0.6) is 0 Å². The molecule has 0 saturated carbocycles. The van der Waals surface area contributed by atoms with Crippen LogP contribution in [-0.2, 0) is 10.0 Å². The average molecular weight is 353 g/mol. The van der Waals surface area contributed by atoms with E-state index in [1.165, 1.54) is 24.2 Å². The fraction of sp³-hybridized carbons (Fsp3) is 0.636. The van der Waals surface area contributed by atoms with E-state index >= 15 is 0 Å². The van der Waals surface area contributed by atoms with Gasteiger partial charge in [0.1, 0.15) is 4.21 Å². The Balaban J connectivity index is 1.97. The molecule has 1 aromatic heterocycles. The fourth-order valence-electron chi connectivity index (χ4n) is 2.18. The van der Waals surface area contributed by atoms with Crippen LogP contribution in [0, 0.1) is 0 Å². The summed E-state index contributed by atoms with van der Waals surface area (Å²) in [7, 11) is -3.39. The maximum absolute atomic E-state index is 12.1. The molecule has 0 aliphatic carbocycles. The highest BCUT2D eigenvalue weighted by Crippen LogP contribution is 2.27. The number of rotatable bonds is 5. The van der Waals surface area contributed by atoms with Crippen LogP contribution >= 0.6 is 27.3 Å². The number of hydrogen-bond acceptors (Lipinski definition) is 4. The Kier molecular flexibility index (Phi) is 4.82. The summed E-state index contributed by atoms with van der Waals surface area (Å²) in [5.41, 5.74) is 0. The minimum Gasteiger partial charge on any atom is -0.302 e. The highest BCUT2D eigenvalue weighted by atomic mass is 79.9. The third-order valence-electron chi connectivity index (χ3n) is 2.92. The van der Waals surface area contributed by atoms with Gasteiger partial charge >= 0.3 is 0 Å². The summed E-state index contributed by atoms with van der Waals surface area (Å²) < 4.78 is 28.0. The molecular weight excluding hydrogens is 336 g/mol. The highest BCUT2D eigenvalue weighted by molar-refractivity contribution is 9.10. The topological polar surface area (TPSA) is 49.4 Å². The van der Waals surface area contributed by atoms with E-state index in [4.69, 9.17) is 0 Å². The SMILES string of the molecule is CC(CN1CCCC1)NS(=O)(=O)c1sccc1Br. The van der Waals surface area contributed by atoms with E-state index in [-0.39, 0.29) is 6.04 Å². The second-order valence-electron chi connectivity index (χ2n) is 4.59. The molecule has 1 aliphatic rings. The number of likely N-dealkylation sites (tertiary alicyclic amines) is 1. The second kappa shape index (κ2) is 6.00. The van der Waals surface area contributed by atoms with E-state index in [0.29, 0.717) is 8.68 Å². The number of nitrogens with one attached hydrogen (secondary N) is 1. The van der Waals surface area contributed by atoms with Crippen molar-refractivity contribution in [2.24, 2.45) is 0 Å². The van der Waals surface area contributed by atoms with Crippen molar-refractivity contribution in [2.75, 3.05) is 19.6 Å². The molecule has 102 valence electrons. The first-order chi connectivity index (χ1) is 8.49. The summed E-state index contributed by atoms with van der Waals surface area (Å²) in [6.07, 6.45) is 2.44. The quantitative estimate of drug-likeness (QED) is 0.884. The van der Waals surface area contributed by atoms with Gasteiger partial charge in [-0.3, -0.25) is 0 Å². The smallest absolute Gasteiger partial charge is 0.251 e. The zero-order chi connectivity index (χ0) is 13.2. The minimum absolute atomic E-state index is 0.0675. The Morgan fingerprint density at radius 3 is 2.72 bits per heavy atom. The lowest BCUT2D eigenvalue weighted by molar-refractivity contribution is 0.313. The van der Waals surface area contributed by atoms with Crippen molar-refractivity contribution in [1.82, 2.24) is 9.62 Å². The summed E-state index contributed by atoms with van der Waals surface area (Å²) in [6.45, 7) is 4.85. The predicted molar refractivity (Wildman–Crippen MR) is 77.5 cm³/mol.